The van der Waals surface area contributed by atoms with E-state index in [1.165, 1.54) is 12.4 Å². The van der Waals surface area contributed by atoms with Crippen molar-refractivity contribution in [3.8, 4) is 5.88 Å². The van der Waals surface area contributed by atoms with Crippen molar-refractivity contribution in [1.29, 1.82) is 0 Å². The van der Waals surface area contributed by atoms with E-state index in [0.717, 1.165) is 5.56 Å². The van der Waals surface area contributed by atoms with Crippen molar-refractivity contribution < 1.29 is 27.8 Å². The van der Waals surface area contributed by atoms with Gasteiger partial charge in [-0.2, -0.15) is 18.3 Å². The monoisotopic (exact) mass is 459 g/mol. The van der Waals surface area contributed by atoms with Gasteiger partial charge >= 0.3 is 6.18 Å². The number of hydrogen-bond acceptors (Lipinski definition) is 6. The van der Waals surface area contributed by atoms with Crippen molar-refractivity contribution in [3.63, 3.8) is 0 Å². The van der Waals surface area contributed by atoms with Gasteiger partial charge < -0.3 is 15.2 Å². The topological polar surface area (TPSA) is 102 Å². The predicted molar refractivity (Wildman–Crippen MR) is 114 cm³/mol. The molecule has 0 aliphatic carbocycles. The van der Waals surface area contributed by atoms with Crippen LogP contribution in [0.2, 0.25) is 0 Å². The average molecular weight is 459 g/mol. The molecule has 0 aliphatic heterocycles. The number of halogens is 3. The lowest BCUT2D eigenvalue weighted by molar-refractivity contribution is -0.153. The molecule has 0 radical (unpaired) electrons. The molecule has 1 amide bonds. The van der Waals surface area contributed by atoms with Gasteiger partial charge in [0.2, 0.25) is 5.88 Å². The maximum atomic E-state index is 12.6. The number of pyridine rings is 2. The van der Waals surface area contributed by atoms with Gasteiger partial charge in [-0.25, -0.2) is 4.98 Å². The highest BCUT2D eigenvalue weighted by Crippen LogP contribution is 2.28. The van der Waals surface area contributed by atoms with Crippen LogP contribution in [0.15, 0.2) is 48.9 Å². The number of benzene rings is 1. The van der Waals surface area contributed by atoms with Crippen LogP contribution < -0.4 is 10.1 Å². The summed E-state index contributed by atoms with van der Waals surface area (Å²) in [5.41, 5.74) is 1.51. The number of fused-ring (bicyclic) bond motifs is 2. The third kappa shape index (κ3) is 5.20. The smallest absolute Gasteiger partial charge is 0.422 e. The number of amides is 1. The maximum absolute atomic E-state index is 12.6. The molecule has 1 aromatic carbocycles. The summed E-state index contributed by atoms with van der Waals surface area (Å²) in [7, 11) is 0. The highest BCUT2D eigenvalue weighted by Gasteiger charge is 2.29. The first-order valence-electron chi connectivity index (χ1n) is 10.1. The molecule has 0 spiro atoms. The van der Waals surface area contributed by atoms with Crippen molar-refractivity contribution >= 4 is 27.6 Å². The second kappa shape index (κ2) is 9.41. The highest BCUT2D eigenvalue weighted by atomic mass is 19.4. The molecule has 0 saturated heterocycles. The molecule has 3 aromatic heterocycles. The Morgan fingerprint density at radius 2 is 1.91 bits per heavy atom. The normalized spacial score (nSPS) is 11.8. The Hall–Kier alpha value is -3.73. The molecule has 172 valence electrons. The number of aliphatic hydroxyl groups is 1. The minimum absolute atomic E-state index is 0.0299. The number of nitrogens with zero attached hydrogens (tertiary/aromatic N) is 4. The van der Waals surface area contributed by atoms with Crippen LogP contribution in [-0.2, 0) is 6.54 Å². The molecule has 4 aromatic rings. The highest BCUT2D eigenvalue weighted by molar-refractivity contribution is 6.04. The summed E-state index contributed by atoms with van der Waals surface area (Å²) in [6, 6.07) is 8.58. The van der Waals surface area contributed by atoms with Crippen molar-refractivity contribution in [2.75, 3.05) is 19.8 Å². The number of hydrogen-bond donors (Lipinski definition) is 2. The van der Waals surface area contributed by atoms with Crippen LogP contribution in [0.4, 0.5) is 13.2 Å². The number of aromatic nitrogens is 4. The van der Waals surface area contributed by atoms with Crippen LogP contribution in [0.1, 0.15) is 22.5 Å². The summed E-state index contributed by atoms with van der Waals surface area (Å²) in [4.78, 5) is 20.7. The molecule has 2 N–H and O–H groups in total. The third-order valence-electron chi connectivity index (χ3n) is 4.86. The Balaban J connectivity index is 1.63. The van der Waals surface area contributed by atoms with Crippen molar-refractivity contribution in [1.82, 2.24) is 25.1 Å². The Morgan fingerprint density at radius 3 is 2.67 bits per heavy atom. The number of nitrogens with one attached hydrogen (secondary N) is 1. The van der Waals surface area contributed by atoms with Gasteiger partial charge in [-0.3, -0.25) is 14.5 Å². The zero-order valence-corrected chi connectivity index (χ0v) is 17.3. The van der Waals surface area contributed by atoms with Crippen LogP contribution in [0.5, 0.6) is 5.88 Å². The number of rotatable bonds is 8. The van der Waals surface area contributed by atoms with Gasteiger partial charge in [-0.05, 0) is 29.5 Å². The lowest BCUT2D eigenvalue weighted by Gasteiger charge is -2.13. The number of carbonyl (C=O) groups excluding carboxylic acids is 1. The summed E-state index contributed by atoms with van der Waals surface area (Å²) >= 11 is 0. The van der Waals surface area contributed by atoms with E-state index in [0.29, 0.717) is 34.6 Å². The van der Waals surface area contributed by atoms with Crippen molar-refractivity contribution in [3.05, 3.63) is 60.2 Å². The van der Waals surface area contributed by atoms with Crippen molar-refractivity contribution in [2.24, 2.45) is 0 Å². The lowest BCUT2D eigenvalue weighted by Crippen LogP contribution is -2.26. The standard InChI is InChI=1S/C22H20F3N5O3/c23-22(24,25)13-33-21-16-5-2-1-4-15(16)14(10-28-21)11-30-12-17-18(29-30)6-8-26-19(17)20(32)27-7-3-9-31/h1-2,4-6,8,10,12,31H,3,7,9,11,13H2,(H,27,32). The fraction of sp³-hybridized carbons (Fsp3) is 0.273. The zero-order valence-electron chi connectivity index (χ0n) is 17.3. The largest absolute Gasteiger partial charge is 0.468 e. The Labute approximate surface area is 186 Å². The Morgan fingerprint density at radius 1 is 1.12 bits per heavy atom. The molecule has 33 heavy (non-hydrogen) atoms. The number of alkyl halides is 3. The molecule has 3 heterocycles. The Bertz CT molecular complexity index is 1290. The molecule has 0 unspecified atom stereocenters. The first kappa shape index (κ1) is 22.5. The summed E-state index contributed by atoms with van der Waals surface area (Å²) in [6.45, 7) is -0.864. The molecular formula is C22H20F3N5O3. The predicted octanol–water partition coefficient (Wildman–Crippen LogP) is 3.08. The molecule has 0 bridgehead atoms. The fourth-order valence-corrected chi connectivity index (χ4v) is 3.41. The molecule has 8 nitrogen and oxygen atoms in total. The van der Waals surface area contributed by atoms with E-state index in [1.54, 1.807) is 41.2 Å². The first-order valence-corrected chi connectivity index (χ1v) is 10.1. The fourth-order valence-electron chi connectivity index (χ4n) is 3.41. The minimum Gasteiger partial charge on any atom is -0.468 e. The SMILES string of the molecule is O=C(NCCCO)c1nccc2nn(Cc3cnc(OCC(F)(F)F)c4ccccc34)cc12. The molecule has 4 rings (SSSR count). The van der Waals surface area contributed by atoms with E-state index in [-0.39, 0.29) is 30.6 Å². The summed E-state index contributed by atoms with van der Waals surface area (Å²) in [5, 5.41) is 17.8. The summed E-state index contributed by atoms with van der Waals surface area (Å²) < 4.78 is 44.2. The van der Waals surface area contributed by atoms with E-state index in [4.69, 9.17) is 9.84 Å². The van der Waals surface area contributed by atoms with Crippen LogP contribution >= 0.6 is 0 Å². The second-order valence-corrected chi connectivity index (χ2v) is 7.29. The van der Waals surface area contributed by atoms with E-state index >= 15 is 0 Å². The van der Waals surface area contributed by atoms with E-state index < -0.39 is 12.8 Å². The van der Waals surface area contributed by atoms with Gasteiger partial charge in [0.25, 0.3) is 5.91 Å². The number of aliphatic hydroxyl groups excluding tert-OH is 1. The van der Waals surface area contributed by atoms with Gasteiger partial charge in [0.15, 0.2) is 6.61 Å². The van der Waals surface area contributed by atoms with E-state index in [1.807, 2.05) is 0 Å². The van der Waals surface area contributed by atoms with Gasteiger partial charge in [0.1, 0.15) is 5.69 Å². The Kier molecular flexibility index (Phi) is 6.40. The van der Waals surface area contributed by atoms with Gasteiger partial charge in [0.05, 0.1) is 17.4 Å². The van der Waals surface area contributed by atoms with Gasteiger partial charge in [-0.15, -0.1) is 0 Å². The van der Waals surface area contributed by atoms with Crippen molar-refractivity contribution in [2.45, 2.75) is 19.1 Å². The molecular weight excluding hydrogens is 439 g/mol. The van der Waals surface area contributed by atoms with Gasteiger partial charge in [0, 0.05) is 37.1 Å². The number of carbonyl (C=O) groups is 1. The minimum atomic E-state index is -4.47. The van der Waals surface area contributed by atoms with E-state index in [9.17, 15) is 18.0 Å². The van der Waals surface area contributed by atoms with Crippen LogP contribution in [0.25, 0.3) is 21.7 Å². The van der Waals surface area contributed by atoms with Crippen LogP contribution in [0.3, 0.4) is 0 Å². The number of ether oxygens (including phenoxy) is 1. The summed E-state index contributed by atoms with van der Waals surface area (Å²) in [6.07, 6.45) is 0.605. The third-order valence-corrected chi connectivity index (χ3v) is 4.86. The first-order chi connectivity index (χ1) is 15.9. The molecule has 0 saturated carbocycles. The maximum Gasteiger partial charge on any atom is 0.422 e. The molecule has 0 atom stereocenters. The lowest BCUT2D eigenvalue weighted by atomic mass is 10.1. The molecule has 0 fully saturated rings. The second-order valence-electron chi connectivity index (χ2n) is 7.29. The quantitative estimate of drug-likeness (QED) is 0.393. The van der Waals surface area contributed by atoms with Crippen LogP contribution in [0, 0.1) is 0 Å². The van der Waals surface area contributed by atoms with Gasteiger partial charge in [-0.1, -0.05) is 18.2 Å². The summed E-state index contributed by atoms with van der Waals surface area (Å²) in [5.74, 6) is -0.463. The molecule has 11 heteroatoms. The van der Waals surface area contributed by atoms with E-state index in [2.05, 4.69) is 20.4 Å². The average Bonchev–Trinajstić information content (AvgIpc) is 3.20. The molecule has 0 aliphatic rings. The van der Waals surface area contributed by atoms with Crippen LogP contribution in [-0.4, -0.2) is 56.7 Å². The zero-order chi connectivity index (χ0) is 23.4.